The van der Waals surface area contributed by atoms with E-state index in [0.29, 0.717) is 12.4 Å². The number of tetrazole rings is 1. The van der Waals surface area contributed by atoms with Gasteiger partial charge in [-0.15, -0.1) is 5.10 Å². The van der Waals surface area contributed by atoms with Gasteiger partial charge in [0.15, 0.2) is 12.1 Å². The van der Waals surface area contributed by atoms with Crippen LogP contribution in [0.5, 0.6) is 0 Å². The third-order valence-corrected chi connectivity index (χ3v) is 1.76. The van der Waals surface area contributed by atoms with Crippen molar-refractivity contribution in [2.75, 3.05) is 6.61 Å². The summed E-state index contributed by atoms with van der Waals surface area (Å²) in [4.78, 5) is 10.4. The monoisotopic (exact) mass is 242 g/mol. The number of nitrogens with zero attached hydrogens (tertiary/aromatic N) is 4. The summed E-state index contributed by atoms with van der Waals surface area (Å²) in [6, 6.07) is 0. The molecule has 0 radical (unpaired) electrons. The van der Waals surface area contributed by atoms with Crippen LogP contribution in [0.1, 0.15) is 25.9 Å². The highest BCUT2D eigenvalue weighted by Gasteiger charge is 2.16. The number of carboxylic acid groups (broad SMARTS) is 1. The molecule has 0 aliphatic carbocycles. The van der Waals surface area contributed by atoms with E-state index >= 15 is 0 Å². The lowest BCUT2D eigenvalue weighted by Crippen LogP contribution is -2.17. The molecule has 94 valence electrons. The van der Waals surface area contributed by atoms with Crippen molar-refractivity contribution in [2.24, 2.45) is 0 Å². The lowest BCUT2D eigenvalue weighted by molar-refractivity contribution is 0.0158. The van der Waals surface area contributed by atoms with E-state index in [-0.39, 0.29) is 6.61 Å². The predicted octanol–water partition coefficient (Wildman–Crippen LogP) is 0.979. The van der Waals surface area contributed by atoms with Gasteiger partial charge in [-0.3, -0.25) is 0 Å². The van der Waals surface area contributed by atoms with E-state index in [4.69, 9.17) is 9.84 Å². The molecule has 0 bridgehead atoms. The van der Waals surface area contributed by atoms with E-state index in [2.05, 4.69) is 26.8 Å². The number of rotatable bonds is 6. The molecule has 0 spiro atoms. The normalized spacial score (nSPS) is 12.1. The molecular weight excluding hydrogens is 228 g/mol. The SMILES string of the molecule is C=C(C)COCc1nnnn1C(C)OC(=O)O. The lowest BCUT2D eigenvalue weighted by Gasteiger charge is -2.12. The molecule has 1 aromatic heterocycles. The average molecular weight is 242 g/mol. The highest BCUT2D eigenvalue weighted by atomic mass is 16.7. The zero-order valence-electron chi connectivity index (χ0n) is 9.66. The Balaban J connectivity index is 2.58. The molecule has 0 aliphatic rings. The molecule has 0 aromatic carbocycles. The molecule has 1 aromatic rings. The van der Waals surface area contributed by atoms with Gasteiger partial charge in [-0.05, 0) is 24.3 Å². The summed E-state index contributed by atoms with van der Waals surface area (Å²) in [5.41, 5.74) is 0.874. The van der Waals surface area contributed by atoms with Gasteiger partial charge in [0.25, 0.3) is 0 Å². The van der Waals surface area contributed by atoms with Crippen molar-refractivity contribution < 1.29 is 19.4 Å². The van der Waals surface area contributed by atoms with Crippen LogP contribution in [-0.4, -0.2) is 38.1 Å². The van der Waals surface area contributed by atoms with Crippen molar-refractivity contribution in [3.05, 3.63) is 18.0 Å². The molecule has 1 N–H and O–H groups in total. The van der Waals surface area contributed by atoms with Crippen LogP contribution in [0, 0.1) is 0 Å². The standard InChI is InChI=1S/C9H14N4O4/c1-6(2)4-16-5-8-10-11-12-13(8)7(3)17-9(14)15/h7H,1,4-5H2,2-3H3,(H,14,15). The van der Waals surface area contributed by atoms with Crippen molar-refractivity contribution in [1.29, 1.82) is 0 Å². The predicted molar refractivity (Wildman–Crippen MR) is 56.1 cm³/mol. The Morgan fingerprint density at radius 1 is 1.65 bits per heavy atom. The molecule has 1 atom stereocenters. The zero-order valence-corrected chi connectivity index (χ0v) is 9.66. The highest BCUT2D eigenvalue weighted by molar-refractivity contribution is 5.56. The molecule has 1 unspecified atom stereocenters. The number of ether oxygens (including phenoxy) is 2. The molecule has 0 aliphatic heterocycles. The minimum atomic E-state index is -1.39. The Morgan fingerprint density at radius 2 is 2.35 bits per heavy atom. The van der Waals surface area contributed by atoms with Crippen LogP contribution in [0.2, 0.25) is 0 Å². The van der Waals surface area contributed by atoms with Crippen molar-refractivity contribution in [1.82, 2.24) is 20.2 Å². The lowest BCUT2D eigenvalue weighted by atomic mass is 10.4. The van der Waals surface area contributed by atoms with E-state index in [9.17, 15) is 4.79 Å². The Hall–Kier alpha value is -1.96. The molecule has 1 heterocycles. The summed E-state index contributed by atoms with van der Waals surface area (Å²) in [5, 5.41) is 19.3. The molecule has 8 heteroatoms. The summed E-state index contributed by atoms with van der Waals surface area (Å²) in [6.45, 7) is 7.59. The summed E-state index contributed by atoms with van der Waals surface area (Å²) < 4.78 is 11.0. The van der Waals surface area contributed by atoms with Gasteiger partial charge in [0.2, 0.25) is 0 Å². The maximum absolute atomic E-state index is 10.4. The highest BCUT2D eigenvalue weighted by Crippen LogP contribution is 2.08. The maximum Gasteiger partial charge on any atom is 0.507 e. The molecule has 8 nitrogen and oxygen atoms in total. The van der Waals surface area contributed by atoms with Crippen LogP contribution in [0.3, 0.4) is 0 Å². The summed E-state index contributed by atoms with van der Waals surface area (Å²) in [5.74, 6) is 0.389. The van der Waals surface area contributed by atoms with E-state index < -0.39 is 12.4 Å². The van der Waals surface area contributed by atoms with Crippen LogP contribution in [0.4, 0.5) is 4.79 Å². The van der Waals surface area contributed by atoms with E-state index in [1.165, 1.54) is 11.6 Å². The van der Waals surface area contributed by atoms with Gasteiger partial charge in [-0.25, -0.2) is 4.79 Å². The smallest absolute Gasteiger partial charge is 0.450 e. The Labute approximate surface area is 97.8 Å². The van der Waals surface area contributed by atoms with Gasteiger partial charge < -0.3 is 14.6 Å². The van der Waals surface area contributed by atoms with Crippen molar-refractivity contribution >= 4 is 6.16 Å². The second-order valence-corrected chi connectivity index (χ2v) is 3.47. The van der Waals surface area contributed by atoms with Gasteiger partial charge in [0.05, 0.1) is 6.61 Å². The number of aromatic nitrogens is 4. The fraction of sp³-hybridized carbons (Fsp3) is 0.556. The summed E-state index contributed by atoms with van der Waals surface area (Å²) in [6.07, 6.45) is -2.19. The summed E-state index contributed by atoms with van der Waals surface area (Å²) >= 11 is 0. The first-order chi connectivity index (χ1) is 8.00. The Bertz CT molecular complexity index is 403. The van der Waals surface area contributed by atoms with E-state index in [1.807, 2.05) is 6.92 Å². The van der Waals surface area contributed by atoms with Gasteiger partial charge in [-0.2, -0.15) is 4.68 Å². The van der Waals surface area contributed by atoms with Gasteiger partial charge in [0.1, 0.15) is 6.61 Å². The first-order valence-electron chi connectivity index (χ1n) is 4.89. The number of hydrogen-bond acceptors (Lipinski definition) is 6. The molecule has 0 saturated heterocycles. The van der Waals surface area contributed by atoms with Crippen molar-refractivity contribution in [3.8, 4) is 0 Å². The van der Waals surface area contributed by atoms with E-state index in [0.717, 1.165) is 5.57 Å². The van der Waals surface area contributed by atoms with Crippen molar-refractivity contribution in [3.63, 3.8) is 0 Å². The van der Waals surface area contributed by atoms with Gasteiger partial charge in [-0.1, -0.05) is 12.2 Å². The maximum atomic E-state index is 10.4. The summed E-state index contributed by atoms with van der Waals surface area (Å²) in [7, 11) is 0. The zero-order chi connectivity index (χ0) is 12.8. The molecule has 0 saturated carbocycles. The van der Waals surface area contributed by atoms with Crippen LogP contribution in [0.15, 0.2) is 12.2 Å². The minimum Gasteiger partial charge on any atom is -0.450 e. The van der Waals surface area contributed by atoms with Crippen LogP contribution < -0.4 is 0 Å². The largest absolute Gasteiger partial charge is 0.507 e. The van der Waals surface area contributed by atoms with Crippen LogP contribution >= 0.6 is 0 Å². The molecule has 0 fully saturated rings. The quantitative estimate of drug-likeness (QED) is 0.586. The van der Waals surface area contributed by atoms with Gasteiger partial charge >= 0.3 is 6.16 Å². The van der Waals surface area contributed by atoms with E-state index in [1.54, 1.807) is 0 Å². The molecule has 1 rings (SSSR count). The Kier molecular flexibility index (Phi) is 4.58. The topological polar surface area (TPSA) is 99.4 Å². The van der Waals surface area contributed by atoms with Crippen LogP contribution in [-0.2, 0) is 16.1 Å². The molecule has 17 heavy (non-hydrogen) atoms. The average Bonchev–Trinajstić information content (AvgIpc) is 2.64. The molecule has 0 amide bonds. The van der Waals surface area contributed by atoms with Gasteiger partial charge in [0, 0.05) is 0 Å². The minimum absolute atomic E-state index is 0.160. The van der Waals surface area contributed by atoms with Crippen LogP contribution in [0.25, 0.3) is 0 Å². The number of carbonyl (C=O) groups is 1. The Morgan fingerprint density at radius 3 is 2.94 bits per heavy atom. The number of hydrogen-bond donors (Lipinski definition) is 1. The van der Waals surface area contributed by atoms with Crippen molar-refractivity contribution in [2.45, 2.75) is 26.7 Å². The third kappa shape index (κ3) is 4.19. The fourth-order valence-electron chi connectivity index (χ4n) is 1.10. The first-order valence-corrected chi connectivity index (χ1v) is 4.89. The third-order valence-electron chi connectivity index (χ3n) is 1.76. The molecular formula is C9H14N4O4. The first kappa shape index (κ1) is 13.1. The second-order valence-electron chi connectivity index (χ2n) is 3.47. The fourth-order valence-corrected chi connectivity index (χ4v) is 1.10. The second kappa shape index (κ2) is 5.94.